The molecule has 0 aliphatic rings. The van der Waals surface area contributed by atoms with E-state index in [1.807, 2.05) is 60.7 Å². The summed E-state index contributed by atoms with van der Waals surface area (Å²) in [6.45, 7) is 10.5. The van der Waals surface area contributed by atoms with E-state index in [2.05, 4.69) is 41.7 Å². The number of aryl methyl sites for hydroxylation is 1. The van der Waals surface area contributed by atoms with E-state index in [0.717, 1.165) is 33.2 Å². The van der Waals surface area contributed by atoms with Crippen LogP contribution in [0.4, 0.5) is 16.2 Å². The van der Waals surface area contributed by atoms with Gasteiger partial charge in [0.25, 0.3) is 5.91 Å². The number of ketones is 1. The minimum Gasteiger partial charge on any atom is -0.497 e. The monoisotopic (exact) mass is 820 g/mol. The largest absolute Gasteiger partial charge is 0.497 e. The number of Topliss-reactive ketones (excluding diaryl/α,β-unsaturated/α-hetero) is 1. The first-order valence-electron chi connectivity index (χ1n) is 19.9. The molecule has 1 heterocycles. The maximum Gasteiger partial charge on any atom is 0.323 e. The second kappa shape index (κ2) is 21.8. The molecule has 5 rings (SSSR count). The van der Waals surface area contributed by atoms with Gasteiger partial charge in [0.05, 0.1) is 58.6 Å². The third-order valence-electron chi connectivity index (χ3n) is 9.56. The molecule has 0 fully saturated rings. The van der Waals surface area contributed by atoms with Crippen LogP contribution in [0.5, 0.6) is 23.0 Å². The maximum atomic E-state index is 13.6. The lowest BCUT2D eigenvalue weighted by Crippen LogP contribution is -2.27. The van der Waals surface area contributed by atoms with Crippen molar-refractivity contribution < 1.29 is 42.8 Å². The highest BCUT2D eigenvalue weighted by Crippen LogP contribution is 2.38. The Morgan fingerprint density at radius 2 is 1.47 bits per heavy atom. The smallest absolute Gasteiger partial charge is 0.323 e. The van der Waals surface area contributed by atoms with Crippen LogP contribution in [0.2, 0.25) is 0 Å². The van der Waals surface area contributed by atoms with Gasteiger partial charge in [-0.15, -0.1) is 0 Å². The van der Waals surface area contributed by atoms with Crippen molar-refractivity contribution in [1.29, 1.82) is 0 Å². The van der Waals surface area contributed by atoms with Crippen molar-refractivity contribution in [2.75, 3.05) is 71.5 Å². The van der Waals surface area contributed by atoms with Crippen LogP contribution in [0, 0.1) is 0 Å². The maximum absolute atomic E-state index is 13.6. The predicted molar refractivity (Wildman–Crippen MR) is 233 cm³/mol. The molecule has 0 aliphatic heterocycles. The summed E-state index contributed by atoms with van der Waals surface area (Å²) in [6.07, 6.45) is 2.96. The van der Waals surface area contributed by atoms with Gasteiger partial charge in [0.15, 0.2) is 0 Å². The molecule has 318 valence electrons. The molecule has 0 spiro atoms. The molecule has 0 atom stereocenters. The van der Waals surface area contributed by atoms with Crippen molar-refractivity contribution in [3.05, 3.63) is 113 Å². The molecule has 3 N–H and O–H groups in total. The van der Waals surface area contributed by atoms with Gasteiger partial charge in [0.2, 0.25) is 0 Å². The molecule has 60 heavy (non-hydrogen) atoms. The fourth-order valence-corrected chi connectivity index (χ4v) is 6.46. The van der Waals surface area contributed by atoms with Crippen molar-refractivity contribution in [3.63, 3.8) is 0 Å². The zero-order valence-corrected chi connectivity index (χ0v) is 35.6. The fraction of sp³-hybridized carbons (Fsp3) is 0.362. The number of nitrogens with zero attached hydrogens (tertiary/aromatic N) is 1. The summed E-state index contributed by atoms with van der Waals surface area (Å²) in [5, 5.41) is 10.5. The number of hydrogen-bond donors (Lipinski definition) is 3. The number of benzene rings is 4. The highest BCUT2D eigenvalue weighted by molar-refractivity contribution is 6.08. The number of carbonyl (C=O) groups is 3. The molecule has 0 bridgehead atoms. The van der Waals surface area contributed by atoms with Crippen molar-refractivity contribution in [2.45, 2.75) is 52.4 Å². The molecule has 13 heteroatoms. The number of ether oxygens (including phenoxy) is 6. The van der Waals surface area contributed by atoms with E-state index in [0.29, 0.717) is 98.8 Å². The van der Waals surface area contributed by atoms with E-state index in [1.54, 1.807) is 52.6 Å². The Kier molecular flexibility index (Phi) is 16.4. The first-order valence-corrected chi connectivity index (χ1v) is 19.9. The molecule has 4 aromatic carbocycles. The molecule has 0 saturated heterocycles. The van der Waals surface area contributed by atoms with Crippen molar-refractivity contribution >= 4 is 39.9 Å². The summed E-state index contributed by atoms with van der Waals surface area (Å²) in [4.78, 5) is 43.1. The molecule has 0 saturated carbocycles. The normalized spacial score (nSPS) is 11.2. The van der Waals surface area contributed by atoms with E-state index in [-0.39, 0.29) is 17.1 Å². The quantitative estimate of drug-likeness (QED) is 0.0614. The third kappa shape index (κ3) is 13.0. The van der Waals surface area contributed by atoms with Gasteiger partial charge in [-0.3, -0.25) is 9.78 Å². The molecule has 13 nitrogen and oxygen atoms in total. The van der Waals surface area contributed by atoms with Gasteiger partial charge in [0, 0.05) is 60.8 Å². The summed E-state index contributed by atoms with van der Waals surface area (Å²) in [7, 11) is 4.74. The number of methoxy groups -OCH3 is 3. The minimum absolute atomic E-state index is 0.0783. The van der Waals surface area contributed by atoms with Gasteiger partial charge in [0.1, 0.15) is 28.8 Å². The van der Waals surface area contributed by atoms with Crippen LogP contribution in [0.3, 0.4) is 0 Å². The first kappa shape index (κ1) is 45.1. The van der Waals surface area contributed by atoms with Crippen molar-refractivity contribution in [2.24, 2.45) is 0 Å². The number of nitrogens with one attached hydrogen (secondary N) is 3. The summed E-state index contributed by atoms with van der Waals surface area (Å²) < 4.78 is 33.6. The van der Waals surface area contributed by atoms with E-state index in [1.165, 1.54) is 0 Å². The van der Waals surface area contributed by atoms with Crippen LogP contribution in [-0.4, -0.2) is 83.6 Å². The molecule has 0 radical (unpaired) electrons. The van der Waals surface area contributed by atoms with E-state index >= 15 is 0 Å². The Morgan fingerprint density at radius 3 is 2.18 bits per heavy atom. The number of hydrogen-bond acceptors (Lipinski definition) is 10. The Labute approximate surface area is 352 Å². The molecule has 5 aromatic rings. The lowest BCUT2D eigenvalue weighted by molar-refractivity contribution is -0.116. The number of carbonyl (C=O) groups excluding carboxylic acids is 3. The van der Waals surface area contributed by atoms with Crippen LogP contribution in [0.1, 0.15) is 66.9 Å². The number of fused-ring (bicyclic) bond motifs is 1. The fourth-order valence-electron chi connectivity index (χ4n) is 6.46. The van der Waals surface area contributed by atoms with Crippen LogP contribution in [-0.2, 0) is 37.3 Å². The second-order valence-electron chi connectivity index (χ2n) is 15.2. The summed E-state index contributed by atoms with van der Waals surface area (Å²) >= 11 is 0. The predicted octanol–water partition coefficient (Wildman–Crippen LogP) is 8.51. The number of aromatic nitrogens is 1. The van der Waals surface area contributed by atoms with Gasteiger partial charge in [-0.05, 0) is 77.9 Å². The highest BCUT2D eigenvalue weighted by Gasteiger charge is 2.22. The van der Waals surface area contributed by atoms with E-state index in [4.69, 9.17) is 28.4 Å². The van der Waals surface area contributed by atoms with Gasteiger partial charge in [-0.25, -0.2) is 4.79 Å². The Bertz CT molecular complexity index is 2250. The average Bonchev–Trinajstić information content (AvgIpc) is 3.22. The number of anilines is 2. The van der Waals surface area contributed by atoms with E-state index < -0.39 is 6.03 Å². The number of urea groups is 1. The van der Waals surface area contributed by atoms with Crippen LogP contribution in [0.25, 0.3) is 10.8 Å². The number of pyridine rings is 1. The standard InChI is InChI=1S/C47H56N4O9/c1-31(52)12-13-33-27-35(47(2,3)4)29-42(44(33)57-7)51-46(54)50-41-14-15-43(40-11-9-8-10-39(40)41)60-37-16-17-48-36(30-37)25-32-24-34(28-38(26-32)56-6)45(53)49-18-19-58-22-23-59-21-20-55-5/h8-11,14-17,24,26-30H,12-13,18-23,25H2,1-7H3,(H,49,53)(H2,50,51,54). The SMILES string of the molecule is COCCOCCOCCNC(=O)c1cc(Cc2cc(Oc3ccc(NC(=O)Nc4cc(C(C)(C)C)cc(CCC(C)=O)c4OC)c4ccccc34)ccn2)cc(OC)c1. The summed E-state index contributed by atoms with van der Waals surface area (Å²) in [5.41, 5.74) is 4.78. The summed E-state index contributed by atoms with van der Waals surface area (Å²) in [6, 6.07) is 23.8. The summed E-state index contributed by atoms with van der Waals surface area (Å²) in [5.74, 6) is 2.07. The lowest BCUT2D eigenvalue weighted by atomic mass is 9.85. The van der Waals surface area contributed by atoms with Crippen LogP contribution in [0.15, 0.2) is 85.1 Å². The zero-order chi connectivity index (χ0) is 43.1. The zero-order valence-electron chi connectivity index (χ0n) is 35.6. The highest BCUT2D eigenvalue weighted by atomic mass is 16.5. The average molecular weight is 821 g/mol. The molecule has 3 amide bonds. The van der Waals surface area contributed by atoms with Crippen molar-refractivity contribution in [1.82, 2.24) is 10.3 Å². The Hall–Kier alpha value is -6.02. The topological polar surface area (TPSA) is 156 Å². The van der Waals surface area contributed by atoms with Crippen molar-refractivity contribution in [3.8, 4) is 23.0 Å². The molecule has 1 aromatic heterocycles. The minimum atomic E-state index is -0.447. The van der Waals surface area contributed by atoms with Crippen LogP contribution < -0.4 is 30.2 Å². The first-order chi connectivity index (χ1) is 28.9. The van der Waals surface area contributed by atoms with Crippen LogP contribution >= 0.6 is 0 Å². The Morgan fingerprint density at radius 1 is 0.733 bits per heavy atom. The van der Waals surface area contributed by atoms with E-state index in [9.17, 15) is 14.4 Å². The van der Waals surface area contributed by atoms with Gasteiger partial charge < -0.3 is 49.2 Å². The number of amides is 3. The van der Waals surface area contributed by atoms with Gasteiger partial charge >= 0.3 is 6.03 Å². The lowest BCUT2D eigenvalue weighted by Gasteiger charge is -2.24. The van der Waals surface area contributed by atoms with Gasteiger partial charge in [-0.2, -0.15) is 0 Å². The molecule has 0 aliphatic carbocycles. The number of rotatable bonds is 21. The molecule has 0 unspecified atom stereocenters. The van der Waals surface area contributed by atoms with Gasteiger partial charge in [-0.1, -0.05) is 51.1 Å². The molecular formula is C47H56N4O9. The second-order valence-corrected chi connectivity index (χ2v) is 15.2. The Balaban J connectivity index is 1.27. The third-order valence-corrected chi connectivity index (χ3v) is 9.56. The molecular weight excluding hydrogens is 765 g/mol.